The Morgan fingerprint density at radius 3 is 2.39 bits per heavy atom. The van der Waals surface area contributed by atoms with Gasteiger partial charge in [-0.25, -0.2) is 4.79 Å². The second kappa shape index (κ2) is 9.25. The normalized spacial score (nSPS) is 35.9. The molecule has 0 aromatic heterocycles. The molecule has 0 N–H and O–H groups in total. The molecule has 2 fully saturated rings. The molecular formula is C29H36O7. The fraction of sp³-hybridized carbons (Fsp3) is 0.586. The molecular weight excluding hydrogens is 460 g/mol. The zero-order valence-electron chi connectivity index (χ0n) is 22.0. The monoisotopic (exact) mass is 496 g/mol. The first-order chi connectivity index (χ1) is 16.8. The Morgan fingerprint density at radius 1 is 1.08 bits per heavy atom. The molecule has 0 bridgehead atoms. The van der Waals surface area contributed by atoms with Crippen LogP contribution in [0.25, 0.3) is 0 Å². The van der Waals surface area contributed by atoms with Gasteiger partial charge in [0.1, 0.15) is 11.9 Å². The van der Waals surface area contributed by atoms with E-state index in [0.717, 1.165) is 0 Å². The summed E-state index contributed by atoms with van der Waals surface area (Å²) in [4.78, 5) is 52.5. The fourth-order valence-corrected chi connectivity index (χ4v) is 5.94. The van der Waals surface area contributed by atoms with E-state index in [-0.39, 0.29) is 23.9 Å². The molecule has 36 heavy (non-hydrogen) atoms. The highest BCUT2D eigenvalue weighted by Crippen LogP contribution is 2.57. The largest absolute Gasteiger partial charge is 0.458 e. The number of carbonyl (C=O) groups is 4. The minimum Gasteiger partial charge on any atom is -0.458 e. The van der Waals surface area contributed by atoms with Crippen molar-refractivity contribution in [2.24, 2.45) is 17.3 Å². The molecule has 0 radical (unpaired) electrons. The topological polar surface area (TPSA) is 99.3 Å². The lowest BCUT2D eigenvalue weighted by molar-refractivity contribution is -0.171. The summed E-state index contributed by atoms with van der Waals surface area (Å²) < 4.78 is 18.2. The molecule has 0 spiro atoms. The average molecular weight is 497 g/mol. The molecule has 1 aromatic carbocycles. The molecule has 0 unspecified atom stereocenters. The first kappa shape index (κ1) is 26.3. The predicted octanol–water partition coefficient (Wildman–Crippen LogP) is 4.62. The Labute approximate surface area is 212 Å². The van der Waals surface area contributed by atoms with Crippen LogP contribution in [0.3, 0.4) is 0 Å². The van der Waals surface area contributed by atoms with Crippen LogP contribution in [0.4, 0.5) is 0 Å². The number of hydrogen-bond acceptors (Lipinski definition) is 7. The van der Waals surface area contributed by atoms with Gasteiger partial charge in [-0.1, -0.05) is 45.0 Å². The van der Waals surface area contributed by atoms with Crippen LogP contribution in [0, 0.1) is 17.3 Å². The van der Waals surface area contributed by atoms with E-state index in [1.54, 1.807) is 37.3 Å². The molecule has 1 aromatic rings. The minimum atomic E-state index is -1.52. The zero-order chi connectivity index (χ0) is 26.5. The molecule has 1 saturated carbocycles. The molecule has 7 nitrogen and oxygen atoms in total. The SMILES string of the molecule is CC(=O)O[C@]12C[C@H](C)[C@H](OC(=O)c3ccccc3)[C@@H]1[C@@H]1O[C@@]1(C)CCC(=O)C(C)(C)CC=C(C)C2=O. The maximum absolute atomic E-state index is 14.1. The van der Waals surface area contributed by atoms with Crippen LogP contribution >= 0.6 is 0 Å². The molecule has 3 aliphatic rings. The van der Waals surface area contributed by atoms with Gasteiger partial charge in [-0.3, -0.25) is 14.4 Å². The van der Waals surface area contributed by atoms with E-state index in [2.05, 4.69) is 0 Å². The number of benzene rings is 1. The van der Waals surface area contributed by atoms with E-state index in [9.17, 15) is 19.2 Å². The number of ketones is 2. The van der Waals surface area contributed by atoms with Crippen molar-refractivity contribution >= 4 is 23.5 Å². The van der Waals surface area contributed by atoms with Gasteiger partial charge >= 0.3 is 11.9 Å². The van der Waals surface area contributed by atoms with Crippen molar-refractivity contribution in [3.8, 4) is 0 Å². The number of fused-ring (bicyclic) bond motifs is 3. The summed E-state index contributed by atoms with van der Waals surface area (Å²) in [5.74, 6) is -2.27. The van der Waals surface area contributed by atoms with Crippen LogP contribution in [0.1, 0.15) is 77.6 Å². The van der Waals surface area contributed by atoms with Crippen LogP contribution in [0.5, 0.6) is 0 Å². The van der Waals surface area contributed by atoms with Crippen LogP contribution in [-0.2, 0) is 28.6 Å². The third kappa shape index (κ3) is 4.65. The van der Waals surface area contributed by atoms with Crippen LogP contribution < -0.4 is 0 Å². The third-order valence-corrected chi connectivity index (χ3v) is 8.19. The van der Waals surface area contributed by atoms with E-state index >= 15 is 0 Å². The van der Waals surface area contributed by atoms with Gasteiger partial charge in [0.05, 0.1) is 23.2 Å². The molecule has 194 valence electrons. The van der Waals surface area contributed by atoms with Gasteiger partial charge in [0.2, 0.25) is 5.78 Å². The summed E-state index contributed by atoms with van der Waals surface area (Å²) in [6.45, 7) is 10.6. The second-order valence-electron chi connectivity index (χ2n) is 11.5. The highest BCUT2D eigenvalue weighted by atomic mass is 16.6. The number of hydrogen-bond donors (Lipinski definition) is 0. The average Bonchev–Trinajstić information content (AvgIpc) is 3.41. The summed E-state index contributed by atoms with van der Waals surface area (Å²) in [6, 6.07) is 8.67. The number of epoxide rings is 1. The minimum absolute atomic E-state index is 0.105. The first-order valence-electron chi connectivity index (χ1n) is 12.7. The Hall–Kier alpha value is -2.80. The van der Waals surface area contributed by atoms with Gasteiger partial charge in [-0.15, -0.1) is 0 Å². The highest BCUT2D eigenvalue weighted by Gasteiger charge is 2.71. The van der Waals surface area contributed by atoms with Crippen LogP contribution in [0.15, 0.2) is 42.0 Å². The molecule has 1 heterocycles. The number of carbonyl (C=O) groups excluding carboxylic acids is 4. The van der Waals surface area contributed by atoms with Crippen molar-refractivity contribution in [2.75, 3.05) is 0 Å². The van der Waals surface area contributed by atoms with E-state index < -0.39 is 46.7 Å². The van der Waals surface area contributed by atoms with E-state index in [1.165, 1.54) is 6.92 Å². The van der Waals surface area contributed by atoms with Crippen molar-refractivity contribution < 1.29 is 33.4 Å². The summed E-state index contributed by atoms with van der Waals surface area (Å²) in [5, 5.41) is 0. The lowest BCUT2D eigenvalue weighted by Gasteiger charge is -2.35. The maximum atomic E-state index is 14.1. The van der Waals surface area contributed by atoms with Crippen molar-refractivity contribution in [1.82, 2.24) is 0 Å². The van der Waals surface area contributed by atoms with Gasteiger partial charge < -0.3 is 14.2 Å². The summed E-state index contributed by atoms with van der Waals surface area (Å²) in [7, 11) is 0. The summed E-state index contributed by atoms with van der Waals surface area (Å²) in [6.07, 6.45) is 1.96. The van der Waals surface area contributed by atoms with E-state index in [4.69, 9.17) is 14.2 Å². The number of esters is 2. The molecule has 1 saturated heterocycles. The molecule has 0 amide bonds. The molecule has 1 aliphatic heterocycles. The third-order valence-electron chi connectivity index (χ3n) is 8.19. The highest BCUT2D eigenvalue weighted by molar-refractivity contribution is 6.03. The molecule has 7 heteroatoms. The Morgan fingerprint density at radius 2 is 1.75 bits per heavy atom. The lowest BCUT2D eigenvalue weighted by Crippen LogP contribution is -2.52. The van der Waals surface area contributed by atoms with E-state index in [1.807, 2.05) is 33.8 Å². The molecule has 2 aliphatic carbocycles. The number of rotatable bonds is 3. The summed E-state index contributed by atoms with van der Waals surface area (Å²) in [5.41, 5.74) is -2.03. The van der Waals surface area contributed by atoms with Gasteiger partial charge in [0, 0.05) is 25.2 Å². The van der Waals surface area contributed by atoms with Gasteiger partial charge in [-0.2, -0.15) is 0 Å². The van der Waals surface area contributed by atoms with Crippen LogP contribution in [-0.4, -0.2) is 46.9 Å². The Kier molecular flexibility index (Phi) is 6.75. The fourth-order valence-electron chi connectivity index (χ4n) is 5.94. The Balaban J connectivity index is 1.80. The van der Waals surface area contributed by atoms with Gasteiger partial charge in [0.25, 0.3) is 0 Å². The first-order valence-corrected chi connectivity index (χ1v) is 12.7. The molecule has 6 atom stereocenters. The quantitative estimate of drug-likeness (QED) is 0.445. The van der Waals surface area contributed by atoms with Crippen LogP contribution in [0.2, 0.25) is 0 Å². The zero-order valence-corrected chi connectivity index (χ0v) is 22.0. The Bertz CT molecular complexity index is 1100. The number of Topliss-reactive ketones (excluding diaryl/α,β-unsaturated/α-hetero) is 2. The van der Waals surface area contributed by atoms with Crippen molar-refractivity contribution in [2.45, 2.75) is 90.6 Å². The van der Waals surface area contributed by atoms with E-state index in [0.29, 0.717) is 30.4 Å². The second-order valence-corrected chi connectivity index (χ2v) is 11.5. The number of ether oxygens (including phenoxy) is 3. The molecule has 4 rings (SSSR count). The van der Waals surface area contributed by atoms with Crippen molar-refractivity contribution in [3.63, 3.8) is 0 Å². The summed E-state index contributed by atoms with van der Waals surface area (Å²) >= 11 is 0. The smallest absolute Gasteiger partial charge is 0.338 e. The maximum Gasteiger partial charge on any atom is 0.338 e. The van der Waals surface area contributed by atoms with Crippen molar-refractivity contribution in [3.05, 3.63) is 47.5 Å². The standard InChI is InChI=1S/C29H36O7/c1-17-12-14-27(4,5)21(31)13-15-28(6)25(36-28)22-23(34-26(33)20-10-8-7-9-11-20)18(2)16-29(22,24(17)32)35-19(3)30/h7-12,18,22-23,25H,13-16H2,1-6H3/t18-,22+,23-,25-,28-,29+/m0/s1. The van der Waals surface area contributed by atoms with Gasteiger partial charge in [0.15, 0.2) is 5.60 Å². The van der Waals surface area contributed by atoms with Crippen molar-refractivity contribution in [1.29, 1.82) is 0 Å². The predicted molar refractivity (Wildman–Crippen MR) is 132 cm³/mol. The lowest BCUT2D eigenvalue weighted by atomic mass is 9.74. The number of allylic oxidation sites excluding steroid dienone is 1. The van der Waals surface area contributed by atoms with Gasteiger partial charge in [-0.05, 0) is 50.3 Å².